The average molecular weight is 463 g/mol. The predicted octanol–water partition coefficient (Wildman–Crippen LogP) is 7.60. The Morgan fingerprint density at radius 1 is 0.457 bits per heavy atom. The SMILES string of the molecule is Cc1cc(CCCCCc2ccc(Cc3ccc(N)cc3)c(C)c2)ccc1Cc1ccc(N)cc1. The summed E-state index contributed by atoms with van der Waals surface area (Å²) >= 11 is 0. The molecule has 0 fully saturated rings. The van der Waals surface area contributed by atoms with E-state index in [2.05, 4.69) is 74.5 Å². The number of nitrogen functional groups attached to an aromatic ring is 2. The number of hydrogen-bond acceptors (Lipinski definition) is 2. The highest BCUT2D eigenvalue weighted by Gasteiger charge is 2.05. The first-order valence-corrected chi connectivity index (χ1v) is 12.8. The summed E-state index contributed by atoms with van der Waals surface area (Å²) in [5.41, 5.74) is 24.3. The van der Waals surface area contributed by atoms with Crippen LogP contribution in [-0.4, -0.2) is 0 Å². The molecule has 35 heavy (non-hydrogen) atoms. The van der Waals surface area contributed by atoms with E-state index >= 15 is 0 Å². The topological polar surface area (TPSA) is 52.0 Å². The van der Waals surface area contributed by atoms with Crippen LogP contribution in [0.15, 0.2) is 84.9 Å². The third-order valence-electron chi connectivity index (χ3n) is 6.99. The zero-order valence-corrected chi connectivity index (χ0v) is 21.2. The largest absolute Gasteiger partial charge is 0.399 e. The Labute approximate surface area is 211 Å². The van der Waals surface area contributed by atoms with Crippen molar-refractivity contribution in [2.24, 2.45) is 0 Å². The molecule has 4 aromatic carbocycles. The molecule has 0 saturated heterocycles. The molecular formula is C33H38N2. The van der Waals surface area contributed by atoms with Crippen LogP contribution >= 0.6 is 0 Å². The lowest BCUT2D eigenvalue weighted by molar-refractivity contribution is 0.678. The average Bonchev–Trinajstić information content (AvgIpc) is 2.85. The van der Waals surface area contributed by atoms with Gasteiger partial charge in [-0.15, -0.1) is 0 Å². The Hall–Kier alpha value is -3.52. The van der Waals surface area contributed by atoms with Crippen molar-refractivity contribution in [3.05, 3.63) is 129 Å². The molecule has 0 radical (unpaired) electrons. The molecule has 0 aliphatic rings. The van der Waals surface area contributed by atoms with Crippen LogP contribution in [0.3, 0.4) is 0 Å². The summed E-state index contributed by atoms with van der Waals surface area (Å²) in [4.78, 5) is 0. The van der Waals surface area contributed by atoms with Gasteiger partial charge in [0, 0.05) is 11.4 Å². The smallest absolute Gasteiger partial charge is 0.0314 e. The summed E-state index contributed by atoms with van der Waals surface area (Å²) in [5, 5.41) is 0. The molecule has 180 valence electrons. The van der Waals surface area contributed by atoms with Crippen molar-refractivity contribution in [3.63, 3.8) is 0 Å². The molecule has 0 bridgehead atoms. The number of anilines is 2. The van der Waals surface area contributed by atoms with Gasteiger partial charge in [-0.05, 0) is 121 Å². The monoisotopic (exact) mass is 462 g/mol. The van der Waals surface area contributed by atoms with E-state index in [0.717, 1.165) is 37.1 Å². The Morgan fingerprint density at radius 3 is 1.20 bits per heavy atom. The minimum Gasteiger partial charge on any atom is -0.399 e. The van der Waals surface area contributed by atoms with Gasteiger partial charge in [-0.2, -0.15) is 0 Å². The maximum absolute atomic E-state index is 5.81. The fraction of sp³-hybridized carbons (Fsp3) is 0.273. The highest BCUT2D eigenvalue weighted by atomic mass is 14.5. The fourth-order valence-corrected chi connectivity index (χ4v) is 4.77. The van der Waals surface area contributed by atoms with Crippen LogP contribution in [-0.2, 0) is 25.7 Å². The van der Waals surface area contributed by atoms with Gasteiger partial charge in [0.2, 0.25) is 0 Å². The summed E-state index contributed by atoms with van der Waals surface area (Å²) in [6.07, 6.45) is 7.98. The van der Waals surface area contributed by atoms with Crippen LogP contribution in [0.1, 0.15) is 63.8 Å². The lowest BCUT2D eigenvalue weighted by atomic mass is 9.95. The minimum absolute atomic E-state index is 0.822. The van der Waals surface area contributed by atoms with Crippen molar-refractivity contribution >= 4 is 11.4 Å². The van der Waals surface area contributed by atoms with Gasteiger partial charge >= 0.3 is 0 Å². The van der Waals surface area contributed by atoms with Crippen molar-refractivity contribution in [1.82, 2.24) is 0 Å². The second-order valence-electron chi connectivity index (χ2n) is 9.92. The maximum Gasteiger partial charge on any atom is 0.0314 e. The number of benzene rings is 4. The van der Waals surface area contributed by atoms with Gasteiger partial charge < -0.3 is 11.5 Å². The lowest BCUT2D eigenvalue weighted by Gasteiger charge is -2.10. The van der Waals surface area contributed by atoms with E-state index in [1.165, 1.54) is 63.8 Å². The molecule has 0 spiro atoms. The summed E-state index contributed by atoms with van der Waals surface area (Å²) in [6, 6.07) is 30.4. The normalized spacial score (nSPS) is 11.0. The van der Waals surface area contributed by atoms with Gasteiger partial charge in [-0.3, -0.25) is 0 Å². The molecule has 0 aliphatic carbocycles. The maximum atomic E-state index is 5.81. The summed E-state index contributed by atoms with van der Waals surface area (Å²) in [5.74, 6) is 0. The standard InChI is InChI=1S/C33H38N2/c1-24-20-26(8-14-30(24)22-28-10-16-32(34)17-11-28)6-4-3-5-7-27-9-15-31(25(2)21-27)23-29-12-18-33(35)19-13-29/h8-21H,3-7,22-23,34-35H2,1-2H3. The van der Waals surface area contributed by atoms with Gasteiger partial charge in [-0.1, -0.05) is 67.1 Å². The fourth-order valence-electron chi connectivity index (χ4n) is 4.77. The molecule has 0 aliphatic heterocycles. The summed E-state index contributed by atoms with van der Waals surface area (Å²) in [6.45, 7) is 4.46. The zero-order chi connectivity index (χ0) is 24.6. The van der Waals surface area contributed by atoms with Crippen molar-refractivity contribution < 1.29 is 0 Å². The van der Waals surface area contributed by atoms with Crippen molar-refractivity contribution in [3.8, 4) is 0 Å². The zero-order valence-electron chi connectivity index (χ0n) is 21.2. The van der Waals surface area contributed by atoms with Gasteiger partial charge in [0.05, 0.1) is 0 Å². The molecule has 0 aromatic heterocycles. The van der Waals surface area contributed by atoms with Crippen molar-refractivity contribution in [2.45, 2.75) is 58.8 Å². The highest BCUT2D eigenvalue weighted by molar-refractivity contribution is 5.43. The van der Waals surface area contributed by atoms with E-state index in [1.54, 1.807) is 0 Å². The predicted molar refractivity (Wildman–Crippen MR) is 151 cm³/mol. The van der Waals surface area contributed by atoms with Gasteiger partial charge in [0.1, 0.15) is 0 Å². The van der Waals surface area contributed by atoms with Crippen LogP contribution in [0.5, 0.6) is 0 Å². The number of rotatable bonds is 10. The molecule has 4 N–H and O–H groups in total. The summed E-state index contributed by atoms with van der Waals surface area (Å²) in [7, 11) is 0. The molecule has 0 heterocycles. The Kier molecular flexibility index (Phi) is 8.26. The molecule has 0 atom stereocenters. The van der Waals surface area contributed by atoms with Gasteiger partial charge in [0.15, 0.2) is 0 Å². The molecule has 0 unspecified atom stereocenters. The Balaban J connectivity index is 1.21. The van der Waals surface area contributed by atoms with Crippen molar-refractivity contribution in [2.75, 3.05) is 11.5 Å². The Bertz CT molecular complexity index is 1140. The molecule has 2 nitrogen and oxygen atoms in total. The molecular weight excluding hydrogens is 424 g/mol. The lowest BCUT2D eigenvalue weighted by Crippen LogP contribution is -1.96. The van der Waals surface area contributed by atoms with Crippen LogP contribution < -0.4 is 11.5 Å². The highest BCUT2D eigenvalue weighted by Crippen LogP contribution is 2.20. The van der Waals surface area contributed by atoms with E-state index in [0.29, 0.717) is 0 Å². The van der Waals surface area contributed by atoms with Crippen molar-refractivity contribution in [1.29, 1.82) is 0 Å². The van der Waals surface area contributed by atoms with Gasteiger partial charge in [-0.25, -0.2) is 0 Å². The van der Waals surface area contributed by atoms with E-state index in [9.17, 15) is 0 Å². The van der Waals surface area contributed by atoms with Crippen LogP contribution in [0.2, 0.25) is 0 Å². The minimum atomic E-state index is 0.822. The van der Waals surface area contributed by atoms with E-state index in [-0.39, 0.29) is 0 Å². The van der Waals surface area contributed by atoms with E-state index < -0.39 is 0 Å². The second kappa shape index (κ2) is 11.8. The molecule has 2 heteroatoms. The molecule has 0 saturated carbocycles. The van der Waals surface area contributed by atoms with E-state index in [1.807, 2.05) is 24.3 Å². The second-order valence-corrected chi connectivity index (χ2v) is 9.92. The van der Waals surface area contributed by atoms with E-state index in [4.69, 9.17) is 11.5 Å². The molecule has 4 aromatic rings. The number of hydrogen-bond donors (Lipinski definition) is 2. The first-order valence-electron chi connectivity index (χ1n) is 12.8. The molecule has 0 amide bonds. The first-order chi connectivity index (χ1) is 17.0. The van der Waals surface area contributed by atoms with Gasteiger partial charge in [0.25, 0.3) is 0 Å². The van der Waals surface area contributed by atoms with Crippen LogP contribution in [0.25, 0.3) is 0 Å². The number of aryl methyl sites for hydroxylation is 4. The summed E-state index contributed by atoms with van der Waals surface area (Å²) < 4.78 is 0. The van der Waals surface area contributed by atoms with Crippen LogP contribution in [0.4, 0.5) is 11.4 Å². The third kappa shape index (κ3) is 7.23. The third-order valence-corrected chi connectivity index (χ3v) is 6.99. The van der Waals surface area contributed by atoms with Crippen LogP contribution in [0, 0.1) is 13.8 Å². The number of unbranched alkanes of at least 4 members (excludes halogenated alkanes) is 2. The molecule has 4 rings (SSSR count). The first kappa shape index (κ1) is 24.6. The Morgan fingerprint density at radius 2 is 0.829 bits per heavy atom. The quantitative estimate of drug-likeness (QED) is 0.188. The number of nitrogens with two attached hydrogens (primary N) is 2.